The summed E-state index contributed by atoms with van der Waals surface area (Å²) in [5.41, 5.74) is 2.31. The highest BCUT2D eigenvalue weighted by Gasteiger charge is 2.31. The monoisotopic (exact) mass is 334 g/mol. The second kappa shape index (κ2) is 6.89. The first kappa shape index (κ1) is 16.4. The first-order chi connectivity index (χ1) is 9.98. The average molecular weight is 335 g/mol. The van der Waals surface area contributed by atoms with Gasteiger partial charge < -0.3 is 10.2 Å². The van der Waals surface area contributed by atoms with Crippen LogP contribution in [0.25, 0.3) is 0 Å². The number of halogens is 1. The Bertz CT molecular complexity index is 594. The predicted octanol–water partition coefficient (Wildman–Crippen LogP) is 1.21. The standard InChI is InChI=1S/C12H19ClN4O3S/c1-2-20-9-4-3-5-17(8-9)21(18,19)10-6-11(13)12(16-14)15-7-10/h6-7,9H,2-5,8,14H2,1H3,(H,15,16). The first-order valence-electron chi connectivity index (χ1n) is 6.73. The number of ether oxygens (including phenoxy) is 1. The Morgan fingerprint density at radius 1 is 1.62 bits per heavy atom. The molecule has 1 fully saturated rings. The number of hydrogen-bond acceptors (Lipinski definition) is 6. The molecule has 2 heterocycles. The highest BCUT2D eigenvalue weighted by atomic mass is 35.5. The Kier molecular flexibility index (Phi) is 5.39. The second-order valence-corrected chi connectivity index (χ2v) is 7.07. The number of nitrogens with zero attached hydrogens (tertiary/aromatic N) is 2. The molecule has 1 aliphatic rings. The number of hydrogen-bond donors (Lipinski definition) is 2. The van der Waals surface area contributed by atoms with Gasteiger partial charge >= 0.3 is 0 Å². The molecule has 1 aromatic heterocycles. The number of nitrogens with one attached hydrogen (secondary N) is 1. The minimum Gasteiger partial charge on any atom is -0.377 e. The molecule has 1 aliphatic heterocycles. The van der Waals surface area contributed by atoms with E-state index in [0.717, 1.165) is 12.8 Å². The van der Waals surface area contributed by atoms with Gasteiger partial charge in [-0.15, -0.1) is 0 Å². The summed E-state index contributed by atoms with van der Waals surface area (Å²) in [5, 5.41) is 0.164. The van der Waals surface area contributed by atoms with Crippen molar-refractivity contribution < 1.29 is 13.2 Å². The van der Waals surface area contributed by atoms with E-state index in [4.69, 9.17) is 22.2 Å². The van der Waals surface area contributed by atoms with E-state index in [2.05, 4.69) is 10.4 Å². The van der Waals surface area contributed by atoms with E-state index >= 15 is 0 Å². The molecule has 0 saturated carbocycles. The fraction of sp³-hybridized carbons (Fsp3) is 0.583. The molecule has 118 valence electrons. The summed E-state index contributed by atoms with van der Waals surface area (Å²) in [7, 11) is -3.62. The topological polar surface area (TPSA) is 97.5 Å². The number of rotatable bonds is 5. The zero-order valence-corrected chi connectivity index (χ0v) is 13.3. The van der Waals surface area contributed by atoms with Crippen LogP contribution in [0, 0.1) is 0 Å². The molecule has 1 unspecified atom stereocenters. The van der Waals surface area contributed by atoms with Gasteiger partial charge in [-0.05, 0) is 25.8 Å². The fourth-order valence-corrected chi connectivity index (χ4v) is 4.08. The van der Waals surface area contributed by atoms with Gasteiger partial charge in [0.25, 0.3) is 0 Å². The Hall–Kier alpha value is -0.930. The number of anilines is 1. The minimum absolute atomic E-state index is 0.0589. The van der Waals surface area contributed by atoms with Crippen LogP contribution in [-0.2, 0) is 14.8 Å². The van der Waals surface area contributed by atoms with Crippen molar-refractivity contribution in [3.63, 3.8) is 0 Å². The Morgan fingerprint density at radius 2 is 2.38 bits per heavy atom. The Morgan fingerprint density at radius 3 is 3.00 bits per heavy atom. The van der Waals surface area contributed by atoms with Gasteiger partial charge in [0, 0.05) is 25.9 Å². The fourth-order valence-electron chi connectivity index (χ4n) is 2.31. The molecule has 7 nitrogen and oxygen atoms in total. The summed E-state index contributed by atoms with van der Waals surface area (Å²) < 4.78 is 32.2. The van der Waals surface area contributed by atoms with Crippen molar-refractivity contribution in [1.29, 1.82) is 0 Å². The van der Waals surface area contributed by atoms with Crippen molar-refractivity contribution in [1.82, 2.24) is 9.29 Å². The predicted molar refractivity (Wildman–Crippen MR) is 80.5 cm³/mol. The summed E-state index contributed by atoms with van der Waals surface area (Å²) >= 11 is 5.94. The molecule has 0 aromatic carbocycles. The van der Waals surface area contributed by atoms with Crippen LogP contribution in [0.3, 0.4) is 0 Å². The lowest BCUT2D eigenvalue weighted by Crippen LogP contribution is -2.43. The molecule has 0 radical (unpaired) electrons. The van der Waals surface area contributed by atoms with Gasteiger partial charge in [0.05, 0.1) is 11.1 Å². The van der Waals surface area contributed by atoms with Crippen LogP contribution < -0.4 is 11.3 Å². The zero-order chi connectivity index (χ0) is 15.5. The molecule has 0 spiro atoms. The normalized spacial score (nSPS) is 20.4. The maximum absolute atomic E-state index is 12.6. The molecular formula is C12H19ClN4O3S. The number of piperidine rings is 1. The van der Waals surface area contributed by atoms with E-state index in [1.54, 1.807) is 0 Å². The molecule has 0 amide bonds. The van der Waals surface area contributed by atoms with Gasteiger partial charge in [-0.1, -0.05) is 11.6 Å². The number of nitrogens with two attached hydrogens (primary N) is 1. The highest BCUT2D eigenvalue weighted by Crippen LogP contribution is 2.26. The third kappa shape index (κ3) is 3.64. The first-order valence-corrected chi connectivity index (χ1v) is 8.54. The third-order valence-electron chi connectivity index (χ3n) is 3.33. The maximum Gasteiger partial charge on any atom is 0.244 e. The molecule has 1 saturated heterocycles. The number of aromatic nitrogens is 1. The molecule has 1 atom stereocenters. The van der Waals surface area contributed by atoms with Gasteiger partial charge in [0.15, 0.2) is 5.82 Å². The Balaban J connectivity index is 2.23. The number of pyridine rings is 1. The van der Waals surface area contributed by atoms with Crippen molar-refractivity contribution in [2.24, 2.45) is 5.84 Å². The van der Waals surface area contributed by atoms with E-state index in [1.165, 1.54) is 16.6 Å². The SMILES string of the molecule is CCOC1CCCN(S(=O)(=O)c2cnc(NN)c(Cl)c2)C1. The van der Waals surface area contributed by atoms with Gasteiger partial charge in [-0.25, -0.2) is 19.2 Å². The zero-order valence-electron chi connectivity index (χ0n) is 11.8. The largest absolute Gasteiger partial charge is 0.377 e. The van der Waals surface area contributed by atoms with E-state index in [-0.39, 0.29) is 21.8 Å². The van der Waals surface area contributed by atoms with Crippen LogP contribution in [0.15, 0.2) is 17.2 Å². The van der Waals surface area contributed by atoms with Crippen molar-refractivity contribution in [2.75, 3.05) is 25.1 Å². The van der Waals surface area contributed by atoms with Crippen LogP contribution in [0.4, 0.5) is 5.82 Å². The van der Waals surface area contributed by atoms with Gasteiger partial charge in [0.1, 0.15) is 4.90 Å². The summed E-state index contributed by atoms with van der Waals surface area (Å²) in [6, 6.07) is 1.35. The summed E-state index contributed by atoms with van der Waals surface area (Å²) in [4.78, 5) is 3.97. The van der Waals surface area contributed by atoms with Crippen molar-refractivity contribution in [3.8, 4) is 0 Å². The van der Waals surface area contributed by atoms with Gasteiger partial charge in [-0.3, -0.25) is 0 Å². The van der Waals surface area contributed by atoms with Crippen LogP contribution >= 0.6 is 11.6 Å². The highest BCUT2D eigenvalue weighted by molar-refractivity contribution is 7.89. The molecule has 0 bridgehead atoms. The quantitative estimate of drug-likeness (QED) is 0.620. The molecule has 21 heavy (non-hydrogen) atoms. The van der Waals surface area contributed by atoms with Crippen LogP contribution in [-0.4, -0.2) is 43.5 Å². The molecule has 0 aliphatic carbocycles. The summed E-state index contributed by atoms with van der Waals surface area (Å²) in [5.74, 6) is 5.47. The summed E-state index contributed by atoms with van der Waals surface area (Å²) in [6.07, 6.45) is 2.83. The van der Waals surface area contributed by atoms with Crippen molar-refractivity contribution in [3.05, 3.63) is 17.3 Å². The van der Waals surface area contributed by atoms with E-state index in [1.807, 2.05) is 6.92 Å². The maximum atomic E-state index is 12.6. The van der Waals surface area contributed by atoms with Gasteiger partial charge in [0.2, 0.25) is 10.0 Å². The van der Waals surface area contributed by atoms with Crippen molar-refractivity contribution in [2.45, 2.75) is 30.8 Å². The second-order valence-electron chi connectivity index (χ2n) is 4.73. The molecule has 2 rings (SSSR count). The Labute approximate surface area is 129 Å². The molecule has 3 N–H and O–H groups in total. The lowest BCUT2D eigenvalue weighted by Gasteiger charge is -2.31. The summed E-state index contributed by atoms with van der Waals surface area (Å²) in [6.45, 7) is 3.30. The van der Waals surface area contributed by atoms with Crippen molar-refractivity contribution >= 4 is 27.4 Å². The molecule has 9 heteroatoms. The number of sulfonamides is 1. The van der Waals surface area contributed by atoms with E-state index < -0.39 is 10.0 Å². The average Bonchev–Trinajstić information content (AvgIpc) is 2.48. The lowest BCUT2D eigenvalue weighted by molar-refractivity contribution is 0.0265. The van der Waals surface area contributed by atoms with Crippen LogP contribution in [0.2, 0.25) is 5.02 Å². The van der Waals surface area contributed by atoms with Crippen LogP contribution in [0.1, 0.15) is 19.8 Å². The number of nitrogen functional groups attached to an aromatic ring is 1. The minimum atomic E-state index is -3.62. The van der Waals surface area contributed by atoms with Gasteiger partial charge in [-0.2, -0.15) is 4.31 Å². The smallest absolute Gasteiger partial charge is 0.244 e. The van der Waals surface area contributed by atoms with E-state index in [9.17, 15) is 8.42 Å². The molecule has 1 aromatic rings. The lowest BCUT2D eigenvalue weighted by atomic mass is 10.1. The number of hydrazine groups is 1. The third-order valence-corrected chi connectivity index (χ3v) is 5.45. The molecular weight excluding hydrogens is 316 g/mol. The van der Waals surface area contributed by atoms with E-state index in [0.29, 0.717) is 19.7 Å². The van der Waals surface area contributed by atoms with Crippen LogP contribution in [0.5, 0.6) is 0 Å².